The third kappa shape index (κ3) is 3.07. The van der Waals surface area contributed by atoms with E-state index in [9.17, 15) is 14.7 Å². The van der Waals surface area contributed by atoms with E-state index in [0.29, 0.717) is 6.42 Å². The van der Waals surface area contributed by atoms with Crippen LogP contribution in [0.3, 0.4) is 0 Å². The first-order valence-corrected chi connectivity index (χ1v) is 6.91. The van der Waals surface area contributed by atoms with Gasteiger partial charge >= 0.3 is 5.97 Å². The van der Waals surface area contributed by atoms with Crippen molar-refractivity contribution in [2.75, 3.05) is 6.61 Å². The van der Waals surface area contributed by atoms with Crippen molar-refractivity contribution in [2.24, 2.45) is 5.92 Å². The fourth-order valence-electron chi connectivity index (χ4n) is 2.91. The summed E-state index contributed by atoms with van der Waals surface area (Å²) in [6.45, 7) is 3.61. The van der Waals surface area contributed by atoms with Crippen LogP contribution in [0, 0.1) is 5.92 Å². The number of ether oxygens (including phenoxy) is 1. The van der Waals surface area contributed by atoms with Gasteiger partial charge in [0.25, 0.3) is 0 Å². The van der Waals surface area contributed by atoms with Gasteiger partial charge in [-0.25, -0.2) is 0 Å². The predicted octanol–water partition coefficient (Wildman–Crippen LogP) is 2.06. The topological polar surface area (TPSA) is 63.6 Å². The van der Waals surface area contributed by atoms with E-state index < -0.39 is 17.5 Å². The molecule has 0 radical (unpaired) electrons. The molecule has 1 saturated carbocycles. The molecule has 1 aliphatic carbocycles. The van der Waals surface area contributed by atoms with Crippen LogP contribution < -0.4 is 0 Å². The van der Waals surface area contributed by atoms with E-state index in [2.05, 4.69) is 0 Å². The van der Waals surface area contributed by atoms with Crippen molar-refractivity contribution in [1.82, 2.24) is 0 Å². The minimum atomic E-state index is -1.07. The number of aliphatic hydroxyl groups is 1. The molecule has 108 valence electrons. The molecule has 1 aliphatic rings. The summed E-state index contributed by atoms with van der Waals surface area (Å²) >= 11 is 0. The van der Waals surface area contributed by atoms with Gasteiger partial charge in [-0.1, -0.05) is 30.3 Å². The summed E-state index contributed by atoms with van der Waals surface area (Å²) in [6.07, 6.45) is 0.381. The Bertz CT molecular complexity index is 492. The Kier molecular flexibility index (Phi) is 4.23. The molecule has 0 unspecified atom stereocenters. The van der Waals surface area contributed by atoms with Crippen LogP contribution in [0.2, 0.25) is 0 Å². The maximum absolute atomic E-state index is 12.2. The summed E-state index contributed by atoms with van der Waals surface area (Å²) in [5.41, 5.74) is -0.181. The molecule has 2 rings (SSSR count). The van der Waals surface area contributed by atoms with E-state index >= 15 is 0 Å². The summed E-state index contributed by atoms with van der Waals surface area (Å²) < 4.78 is 5.03. The van der Waals surface area contributed by atoms with E-state index in [-0.39, 0.29) is 24.7 Å². The Morgan fingerprint density at radius 3 is 2.65 bits per heavy atom. The zero-order valence-corrected chi connectivity index (χ0v) is 11.8. The van der Waals surface area contributed by atoms with Crippen LogP contribution in [0.15, 0.2) is 30.3 Å². The number of Topliss-reactive ketones (excluding diaryl/α,β-unsaturated/α-hetero) is 1. The maximum Gasteiger partial charge on any atom is 0.317 e. The van der Waals surface area contributed by atoms with Crippen molar-refractivity contribution in [3.05, 3.63) is 35.9 Å². The van der Waals surface area contributed by atoms with Crippen LogP contribution in [0.25, 0.3) is 0 Å². The van der Waals surface area contributed by atoms with E-state index in [1.165, 1.54) is 0 Å². The lowest BCUT2D eigenvalue weighted by Crippen LogP contribution is -2.45. The molecule has 4 nitrogen and oxygen atoms in total. The minimum Gasteiger partial charge on any atom is -0.465 e. The van der Waals surface area contributed by atoms with E-state index in [0.717, 1.165) is 5.56 Å². The zero-order valence-electron chi connectivity index (χ0n) is 11.8. The minimum absolute atomic E-state index is 0.000184. The Labute approximate surface area is 118 Å². The quantitative estimate of drug-likeness (QED) is 0.678. The van der Waals surface area contributed by atoms with Gasteiger partial charge in [0.2, 0.25) is 0 Å². The van der Waals surface area contributed by atoms with E-state index in [4.69, 9.17) is 4.74 Å². The lowest BCUT2D eigenvalue weighted by Gasteiger charge is -2.37. The highest BCUT2D eigenvalue weighted by atomic mass is 16.5. The number of carbonyl (C=O) groups excluding carboxylic acids is 2. The maximum atomic E-state index is 12.2. The molecule has 4 heteroatoms. The molecule has 0 amide bonds. The van der Waals surface area contributed by atoms with Gasteiger partial charge in [0.1, 0.15) is 5.92 Å². The van der Waals surface area contributed by atoms with Gasteiger partial charge in [0.15, 0.2) is 5.78 Å². The third-order valence-electron chi connectivity index (χ3n) is 3.73. The van der Waals surface area contributed by atoms with Crippen molar-refractivity contribution in [3.63, 3.8) is 0 Å². The van der Waals surface area contributed by atoms with E-state index in [1.54, 1.807) is 13.8 Å². The average molecular weight is 276 g/mol. The predicted molar refractivity (Wildman–Crippen MR) is 74.2 cm³/mol. The Morgan fingerprint density at radius 1 is 1.40 bits per heavy atom. The van der Waals surface area contributed by atoms with Crippen LogP contribution in [-0.2, 0) is 14.3 Å². The van der Waals surface area contributed by atoms with Gasteiger partial charge in [-0.2, -0.15) is 0 Å². The van der Waals surface area contributed by atoms with Gasteiger partial charge in [-0.05, 0) is 25.8 Å². The van der Waals surface area contributed by atoms with Crippen molar-refractivity contribution >= 4 is 11.8 Å². The Balaban J connectivity index is 2.35. The first-order chi connectivity index (χ1) is 9.44. The number of hydrogen-bond acceptors (Lipinski definition) is 4. The fourth-order valence-corrected chi connectivity index (χ4v) is 2.91. The van der Waals surface area contributed by atoms with E-state index in [1.807, 2.05) is 30.3 Å². The molecule has 1 aromatic carbocycles. The average Bonchev–Trinajstić information content (AvgIpc) is 2.38. The standard InChI is InChI=1S/C16H20O4/c1-3-20-15(18)14-12(11-7-5-4-6-8-11)9-16(2,19)10-13(14)17/h4-8,12,14,19H,3,9-10H2,1-2H3/t12-,14+,16+/m1/s1. The summed E-state index contributed by atoms with van der Waals surface area (Å²) in [7, 11) is 0. The zero-order chi connectivity index (χ0) is 14.8. The summed E-state index contributed by atoms with van der Waals surface area (Å²) in [5, 5.41) is 10.2. The Hall–Kier alpha value is -1.68. The molecule has 20 heavy (non-hydrogen) atoms. The first-order valence-electron chi connectivity index (χ1n) is 6.91. The molecule has 1 aromatic rings. The molecule has 3 atom stereocenters. The van der Waals surface area contributed by atoms with Gasteiger partial charge in [0, 0.05) is 12.3 Å². The molecule has 0 aromatic heterocycles. The van der Waals surface area contributed by atoms with Gasteiger partial charge < -0.3 is 9.84 Å². The van der Waals surface area contributed by atoms with Gasteiger partial charge in [-0.15, -0.1) is 0 Å². The number of benzene rings is 1. The molecule has 1 N–H and O–H groups in total. The summed E-state index contributed by atoms with van der Waals surface area (Å²) in [6, 6.07) is 9.37. The normalized spacial score (nSPS) is 30.1. The molecule has 0 heterocycles. The molecule has 0 spiro atoms. The van der Waals surface area contributed by atoms with Gasteiger partial charge in [0.05, 0.1) is 12.2 Å². The van der Waals surface area contributed by atoms with Crippen LogP contribution >= 0.6 is 0 Å². The number of esters is 1. The van der Waals surface area contributed by atoms with Crippen molar-refractivity contribution < 1.29 is 19.4 Å². The number of rotatable bonds is 3. The smallest absolute Gasteiger partial charge is 0.317 e. The van der Waals surface area contributed by atoms with Crippen molar-refractivity contribution in [1.29, 1.82) is 0 Å². The molecule has 0 saturated heterocycles. The number of ketones is 1. The third-order valence-corrected chi connectivity index (χ3v) is 3.73. The van der Waals surface area contributed by atoms with Gasteiger partial charge in [-0.3, -0.25) is 9.59 Å². The number of hydrogen-bond donors (Lipinski definition) is 1. The Morgan fingerprint density at radius 2 is 2.05 bits per heavy atom. The van der Waals surface area contributed by atoms with Crippen LogP contribution in [-0.4, -0.2) is 29.1 Å². The lowest BCUT2D eigenvalue weighted by atomic mass is 9.69. The second kappa shape index (κ2) is 5.75. The molecule has 1 fully saturated rings. The number of carbonyl (C=O) groups is 2. The highest BCUT2D eigenvalue weighted by Crippen LogP contribution is 2.41. The van der Waals surface area contributed by atoms with Crippen molar-refractivity contribution in [3.8, 4) is 0 Å². The molecular weight excluding hydrogens is 256 g/mol. The largest absolute Gasteiger partial charge is 0.465 e. The van der Waals surface area contributed by atoms with Crippen molar-refractivity contribution in [2.45, 2.75) is 38.2 Å². The highest BCUT2D eigenvalue weighted by Gasteiger charge is 2.46. The SMILES string of the molecule is CCOC(=O)[C@@H]1C(=O)C[C@@](C)(O)C[C@@H]1c1ccccc1. The molecule has 0 aliphatic heterocycles. The molecular formula is C16H20O4. The summed E-state index contributed by atoms with van der Waals surface area (Å²) in [5.74, 6) is -1.86. The monoisotopic (exact) mass is 276 g/mol. The second-order valence-corrected chi connectivity index (χ2v) is 5.59. The first kappa shape index (κ1) is 14.7. The summed E-state index contributed by atoms with van der Waals surface area (Å²) in [4.78, 5) is 24.3. The second-order valence-electron chi connectivity index (χ2n) is 5.59. The van der Waals surface area contributed by atoms with Crippen LogP contribution in [0.4, 0.5) is 0 Å². The van der Waals surface area contributed by atoms with Crippen LogP contribution in [0.1, 0.15) is 38.2 Å². The van der Waals surface area contributed by atoms with Crippen LogP contribution in [0.5, 0.6) is 0 Å². The molecule has 0 bridgehead atoms. The lowest BCUT2D eigenvalue weighted by molar-refractivity contribution is -0.157. The highest BCUT2D eigenvalue weighted by molar-refractivity contribution is 6.01. The fraction of sp³-hybridized carbons (Fsp3) is 0.500.